The minimum absolute atomic E-state index is 0.102. The van der Waals surface area contributed by atoms with Crippen molar-refractivity contribution in [2.75, 3.05) is 23.4 Å². The van der Waals surface area contributed by atoms with Crippen molar-refractivity contribution in [3.63, 3.8) is 0 Å². The fourth-order valence-electron chi connectivity index (χ4n) is 1.27. The molecule has 1 aliphatic rings. The van der Waals surface area contributed by atoms with Crippen molar-refractivity contribution in [3.8, 4) is 0 Å². The van der Waals surface area contributed by atoms with Gasteiger partial charge in [0.25, 0.3) is 5.95 Å². The number of tetrazole rings is 1. The van der Waals surface area contributed by atoms with E-state index in [1.807, 2.05) is 0 Å². The minimum Gasteiger partial charge on any atom is -0.304 e. The lowest BCUT2D eigenvalue weighted by Crippen LogP contribution is -2.46. The van der Waals surface area contributed by atoms with Crippen LogP contribution >= 0.6 is 11.8 Å². The smallest absolute Gasteiger partial charge is 0.270 e. The van der Waals surface area contributed by atoms with E-state index in [0.29, 0.717) is 0 Å². The first-order valence-corrected chi connectivity index (χ1v) is 5.77. The second-order valence-corrected chi connectivity index (χ2v) is 4.32. The number of rotatable bonds is 2. The number of carbonyl (C=O) groups excluding carboxylic acids is 1. The summed E-state index contributed by atoms with van der Waals surface area (Å²) in [6, 6.07) is -0.160. The largest absolute Gasteiger partial charge is 0.304 e. The molecule has 0 spiro atoms. The van der Waals surface area contributed by atoms with Crippen molar-refractivity contribution >= 4 is 23.6 Å². The number of aromatic nitrogens is 4. The molecular formula is C7H12N6OS. The highest BCUT2D eigenvalue weighted by atomic mass is 32.2. The molecule has 0 bridgehead atoms. The summed E-state index contributed by atoms with van der Waals surface area (Å²) in [4.78, 5) is 13.0. The summed E-state index contributed by atoms with van der Waals surface area (Å²) < 4.78 is 0. The van der Waals surface area contributed by atoms with E-state index in [1.54, 1.807) is 18.8 Å². The first-order valence-electron chi connectivity index (χ1n) is 4.62. The first kappa shape index (κ1) is 10.4. The van der Waals surface area contributed by atoms with Gasteiger partial charge in [-0.05, 0) is 5.21 Å². The van der Waals surface area contributed by atoms with E-state index in [-0.39, 0.29) is 17.9 Å². The van der Waals surface area contributed by atoms with Gasteiger partial charge in [-0.3, -0.25) is 10.1 Å². The summed E-state index contributed by atoms with van der Waals surface area (Å²) in [5.74, 6) is 1.98. The van der Waals surface area contributed by atoms with Gasteiger partial charge in [0.15, 0.2) is 0 Å². The molecule has 8 heteroatoms. The van der Waals surface area contributed by atoms with E-state index < -0.39 is 0 Å². The highest BCUT2D eigenvalue weighted by Crippen LogP contribution is 2.08. The molecule has 1 aliphatic heterocycles. The number of carbonyl (C=O) groups is 1. The molecule has 2 heterocycles. The van der Waals surface area contributed by atoms with E-state index in [1.165, 1.54) is 4.80 Å². The zero-order chi connectivity index (χ0) is 10.7. The molecule has 7 nitrogen and oxygen atoms in total. The van der Waals surface area contributed by atoms with Crippen LogP contribution < -0.4 is 10.6 Å². The fraction of sp³-hybridized carbons (Fsp3) is 0.714. The third-order valence-corrected chi connectivity index (χ3v) is 3.04. The van der Waals surface area contributed by atoms with Crippen molar-refractivity contribution in [2.45, 2.75) is 6.04 Å². The molecule has 1 fully saturated rings. The molecule has 1 aromatic rings. The Kier molecular flexibility index (Phi) is 3.17. The summed E-state index contributed by atoms with van der Waals surface area (Å²) in [6.45, 7) is 0.858. The number of nitrogens with zero attached hydrogens (tertiary/aromatic N) is 4. The molecule has 1 aromatic heterocycles. The van der Waals surface area contributed by atoms with E-state index >= 15 is 0 Å². The van der Waals surface area contributed by atoms with Gasteiger partial charge >= 0.3 is 0 Å². The van der Waals surface area contributed by atoms with Crippen LogP contribution in [0.1, 0.15) is 0 Å². The van der Waals surface area contributed by atoms with E-state index in [0.717, 1.165) is 18.1 Å². The molecular weight excluding hydrogens is 216 g/mol. The molecule has 2 N–H and O–H groups in total. The fourth-order valence-corrected chi connectivity index (χ4v) is 2.20. The van der Waals surface area contributed by atoms with Crippen LogP contribution in [0.4, 0.5) is 5.95 Å². The molecule has 0 aromatic carbocycles. The maximum atomic E-state index is 11.7. The monoisotopic (exact) mass is 228 g/mol. The van der Waals surface area contributed by atoms with Crippen LogP contribution in [0.15, 0.2) is 0 Å². The van der Waals surface area contributed by atoms with Gasteiger partial charge < -0.3 is 5.32 Å². The average Bonchev–Trinajstić information content (AvgIpc) is 2.65. The molecule has 2 rings (SSSR count). The van der Waals surface area contributed by atoms with Crippen LogP contribution in [0.25, 0.3) is 0 Å². The number of thioether (sulfide) groups is 1. The molecule has 1 unspecified atom stereocenters. The predicted molar refractivity (Wildman–Crippen MR) is 56.5 cm³/mol. The maximum absolute atomic E-state index is 11.7. The lowest BCUT2D eigenvalue weighted by Gasteiger charge is -2.21. The topological polar surface area (TPSA) is 84.7 Å². The Morgan fingerprint density at radius 2 is 2.60 bits per heavy atom. The van der Waals surface area contributed by atoms with Crippen LogP contribution in [-0.4, -0.2) is 50.2 Å². The number of aryl methyl sites for hydroxylation is 1. The molecule has 15 heavy (non-hydrogen) atoms. The molecule has 82 valence electrons. The number of hydrogen-bond donors (Lipinski definition) is 2. The Balaban J connectivity index is 1.91. The van der Waals surface area contributed by atoms with Crippen LogP contribution in [0.3, 0.4) is 0 Å². The van der Waals surface area contributed by atoms with Gasteiger partial charge in [0.2, 0.25) is 5.91 Å². The molecule has 1 saturated heterocycles. The summed E-state index contributed by atoms with van der Waals surface area (Å²) in [7, 11) is 1.65. The SMILES string of the molecule is Cn1nnc(NC(=O)C2CSCCN2)n1. The highest BCUT2D eigenvalue weighted by Gasteiger charge is 2.21. The van der Waals surface area contributed by atoms with Crippen molar-refractivity contribution in [2.24, 2.45) is 7.05 Å². The Morgan fingerprint density at radius 1 is 1.73 bits per heavy atom. The van der Waals surface area contributed by atoms with Crippen molar-refractivity contribution in [1.82, 2.24) is 25.5 Å². The number of nitrogens with one attached hydrogen (secondary N) is 2. The van der Waals surface area contributed by atoms with Gasteiger partial charge in [0.05, 0.1) is 13.1 Å². The van der Waals surface area contributed by atoms with Gasteiger partial charge in [-0.25, -0.2) is 0 Å². The molecule has 0 radical (unpaired) electrons. The quantitative estimate of drug-likeness (QED) is 0.665. The zero-order valence-corrected chi connectivity index (χ0v) is 9.12. The Bertz CT molecular complexity index is 347. The number of hydrogen-bond acceptors (Lipinski definition) is 6. The molecule has 0 saturated carbocycles. The second-order valence-electron chi connectivity index (χ2n) is 3.17. The summed E-state index contributed by atoms with van der Waals surface area (Å²) in [5, 5.41) is 16.9. The van der Waals surface area contributed by atoms with Crippen LogP contribution in [0.5, 0.6) is 0 Å². The molecule has 1 amide bonds. The Morgan fingerprint density at radius 3 is 3.20 bits per heavy atom. The van der Waals surface area contributed by atoms with E-state index in [4.69, 9.17) is 0 Å². The number of anilines is 1. The minimum atomic E-state index is -0.160. The van der Waals surface area contributed by atoms with Gasteiger partial charge in [-0.1, -0.05) is 5.10 Å². The van der Waals surface area contributed by atoms with Crippen LogP contribution in [0, 0.1) is 0 Å². The highest BCUT2D eigenvalue weighted by molar-refractivity contribution is 7.99. The first-order chi connectivity index (χ1) is 7.25. The van der Waals surface area contributed by atoms with Crippen molar-refractivity contribution in [3.05, 3.63) is 0 Å². The maximum Gasteiger partial charge on any atom is 0.270 e. The van der Waals surface area contributed by atoms with E-state index in [2.05, 4.69) is 26.0 Å². The van der Waals surface area contributed by atoms with Crippen LogP contribution in [0.2, 0.25) is 0 Å². The summed E-state index contributed by atoms with van der Waals surface area (Å²) in [5.41, 5.74) is 0. The molecule has 1 atom stereocenters. The number of amides is 1. The van der Waals surface area contributed by atoms with Crippen molar-refractivity contribution in [1.29, 1.82) is 0 Å². The molecule has 0 aliphatic carbocycles. The van der Waals surface area contributed by atoms with Crippen LogP contribution in [-0.2, 0) is 11.8 Å². The Labute approximate surface area is 91.0 Å². The summed E-state index contributed by atoms with van der Waals surface area (Å²) >= 11 is 1.76. The normalized spacial score (nSPS) is 21.3. The van der Waals surface area contributed by atoms with E-state index in [9.17, 15) is 4.79 Å². The standard InChI is InChI=1S/C7H12N6OS/c1-13-11-7(10-12-13)9-6(14)5-4-15-3-2-8-5/h5,8H,2-4H2,1H3,(H,9,11,14). The van der Waals surface area contributed by atoms with Gasteiger partial charge in [0.1, 0.15) is 0 Å². The predicted octanol–water partition coefficient (Wildman–Crippen LogP) is -1.15. The zero-order valence-electron chi connectivity index (χ0n) is 8.30. The summed E-state index contributed by atoms with van der Waals surface area (Å²) in [6.07, 6.45) is 0. The Hall–Kier alpha value is -1.15. The second kappa shape index (κ2) is 4.58. The lowest BCUT2D eigenvalue weighted by atomic mass is 10.3. The third kappa shape index (κ3) is 2.66. The third-order valence-electron chi connectivity index (χ3n) is 1.98. The van der Waals surface area contributed by atoms with Gasteiger partial charge in [-0.2, -0.15) is 16.6 Å². The van der Waals surface area contributed by atoms with Gasteiger partial charge in [-0.15, -0.1) is 5.10 Å². The van der Waals surface area contributed by atoms with Gasteiger partial charge in [0, 0.05) is 18.1 Å². The lowest BCUT2D eigenvalue weighted by molar-refractivity contribution is -0.117. The average molecular weight is 228 g/mol. The van der Waals surface area contributed by atoms with Crippen molar-refractivity contribution < 1.29 is 4.79 Å².